The third-order valence-electron chi connectivity index (χ3n) is 4.54. The van der Waals surface area contributed by atoms with Crippen molar-refractivity contribution in [1.29, 1.82) is 0 Å². The van der Waals surface area contributed by atoms with Gasteiger partial charge in [0.2, 0.25) is 0 Å². The minimum atomic E-state index is -0.933. The molecule has 1 heterocycles. The Morgan fingerprint density at radius 1 is 1.04 bits per heavy atom. The van der Waals surface area contributed by atoms with E-state index in [-0.39, 0.29) is 12.7 Å². The van der Waals surface area contributed by atoms with Crippen LogP contribution in [0.25, 0.3) is 0 Å². The van der Waals surface area contributed by atoms with Gasteiger partial charge in [0.05, 0.1) is 0 Å². The first-order valence-electron chi connectivity index (χ1n) is 8.72. The summed E-state index contributed by atoms with van der Waals surface area (Å²) in [7, 11) is 0. The Morgan fingerprint density at radius 2 is 1.74 bits per heavy atom. The van der Waals surface area contributed by atoms with Crippen LogP contribution < -0.4 is 0 Å². The Bertz CT molecular complexity index is 792. The van der Waals surface area contributed by atoms with Gasteiger partial charge in [-0.2, -0.15) is 0 Å². The minimum absolute atomic E-state index is 0.222. The SMILES string of the molecule is O=C(O)C(c1cccc(Cl)c1)N1CCN(C(=O)OCc2ccccc2)CC1. The van der Waals surface area contributed by atoms with Crippen LogP contribution in [0.2, 0.25) is 5.02 Å². The van der Waals surface area contributed by atoms with Crippen molar-refractivity contribution < 1.29 is 19.4 Å². The predicted molar refractivity (Wildman–Crippen MR) is 102 cm³/mol. The smallest absolute Gasteiger partial charge is 0.410 e. The lowest BCUT2D eigenvalue weighted by Gasteiger charge is -2.37. The van der Waals surface area contributed by atoms with Crippen molar-refractivity contribution >= 4 is 23.7 Å². The molecule has 0 spiro atoms. The summed E-state index contributed by atoms with van der Waals surface area (Å²) in [5.41, 5.74) is 1.56. The number of carbonyl (C=O) groups excluding carboxylic acids is 1. The van der Waals surface area contributed by atoms with Gasteiger partial charge in [-0.1, -0.05) is 54.1 Å². The molecule has 1 aliphatic rings. The number of carboxylic acid groups (broad SMARTS) is 1. The van der Waals surface area contributed by atoms with Crippen molar-refractivity contribution in [2.75, 3.05) is 26.2 Å². The highest BCUT2D eigenvalue weighted by Crippen LogP contribution is 2.25. The summed E-state index contributed by atoms with van der Waals surface area (Å²) in [4.78, 5) is 27.5. The van der Waals surface area contributed by atoms with E-state index in [4.69, 9.17) is 16.3 Å². The highest BCUT2D eigenvalue weighted by atomic mass is 35.5. The molecule has 0 radical (unpaired) electrons. The van der Waals surface area contributed by atoms with Crippen LogP contribution in [0.15, 0.2) is 54.6 Å². The standard InChI is InChI=1S/C20H21ClN2O4/c21-17-8-4-7-16(13-17)18(19(24)25)22-9-11-23(12-10-22)20(26)27-14-15-5-2-1-3-6-15/h1-8,13,18H,9-12,14H2,(H,24,25). The molecule has 0 saturated carbocycles. The maximum atomic E-state index is 12.2. The minimum Gasteiger partial charge on any atom is -0.480 e. The van der Waals surface area contributed by atoms with E-state index in [2.05, 4.69) is 0 Å². The van der Waals surface area contributed by atoms with E-state index < -0.39 is 12.0 Å². The zero-order valence-electron chi connectivity index (χ0n) is 14.8. The second kappa shape index (κ2) is 8.88. The molecule has 1 unspecified atom stereocenters. The summed E-state index contributed by atoms with van der Waals surface area (Å²) in [6, 6.07) is 15.6. The van der Waals surface area contributed by atoms with Gasteiger partial charge in [-0.15, -0.1) is 0 Å². The van der Waals surface area contributed by atoms with E-state index in [9.17, 15) is 14.7 Å². The number of hydrogen-bond donors (Lipinski definition) is 1. The summed E-state index contributed by atoms with van der Waals surface area (Å²) in [5, 5.41) is 10.2. The monoisotopic (exact) mass is 388 g/mol. The Hall–Kier alpha value is -2.57. The van der Waals surface area contributed by atoms with Gasteiger partial charge in [-0.25, -0.2) is 4.79 Å². The molecule has 0 bridgehead atoms. The first kappa shape index (κ1) is 19.2. The zero-order valence-corrected chi connectivity index (χ0v) is 15.5. The van der Waals surface area contributed by atoms with Crippen LogP contribution in [0.4, 0.5) is 4.79 Å². The number of aliphatic carboxylic acids is 1. The molecule has 1 atom stereocenters. The maximum absolute atomic E-state index is 12.2. The van der Waals surface area contributed by atoms with Crippen molar-refractivity contribution in [3.63, 3.8) is 0 Å². The molecule has 2 aromatic rings. The molecule has 6 nitrogen and oxygen atoms in total. The van der Waals surface area contributed by atoms with Gasteiger partial charge >= 0.3 is 12.1 Å². The van der Waals surface area contributed by atoms with Gasteiger partial charge in [-0.3, -0.25) is 9.69 Å². The Kier molecular flexibility index (Phi) is 6.32. The zero-order chi connectivity index (χ0) is 19.2. The largest absolute Gasteiger partial charge is 0.480 e. The van der Waals surface area contributed by atoms with E-state index in [1.165, 1.54) is 0 Å². The Labute approximate surface area is 162 Å². The number of nitrogens with zero attached hydrogens (tertiary/aromatic N) is 2. The molecule has 0 aliphatic carbocycles. The van der Waals surface area contributed by atoms with Crippen LogP contribution in [0, 0.1) is 0 Å². The van der Waals surface area contributed by atoms with Crippen LogP contribution in [0.5, 0.6) is 0 Å². The number of hydrogen-bond acceptors (Lipinski definition) is 4. The first-order chi connectivity index (χ1) is 13.0. The quantitative estimate of drug-likeness (QED) is 0.849. The van der Waals surface area contributed by atoms with Crippen LogP contribution >= 0.6 is 11.6 Å². The van der Waals surface area contributed by atoms with Crippen molar-refractivity contribution in [1.82, 2.24) is 9.80 Å². The Balaban J connectivity index is 1.57. The maximum Gasteiger partial charge on any atom is 0.410 e. The van der Waals surface area contributed by atoms with Gasteiger partial charge < -0.3 is 14.7 Å². The van der Waals surface area contributed by atoms with Crippen molar-refractivity contribution in [3.8, 4) is 0 Å². The molecule has 142 valence electrons. The molecule has 27 heavy (non-hydrogen) atoms. The van der Waals surface area contributed by atoms with Gasteiger partial charge in [0.25, 0.3) is 0 Å². The summed E-state index contributed by atoms with van der Waals surface area (Å²) < 4.78 is 5.35. The normalized spacial score (nSPS) is 16.0. The van der Waals surface area contributed by atoms with Gasteiger partial charge in [0.15, 0.2) is 0 Å². The van der Waals surface area contributed by atoms with Crippen LogP contribution in [0.3, 0.4) is 0 Å². The molecule has 1 N–H and O–H groups in total. The number of benzene rings is 2. The lowest BCUT2D eigenvalue weighted by Crippen LogP contribution is -2.51. The molecule has 0 aromatic heterocycles. The third-order valence-corrected chi connectivity index (χ3v) is 4.78. The highest BCUT2D eigenvalue weighted by Gasteiger charge is 2.32. The molecule has 1 saturated heterocycles. The number of carboxylic acids is 1. The van der Waals surface area contributed by atoms with E-state index >= 15 is 0 Å². The Morgan fingerprint density at radius 3 is 2.37 bits per heavy atom. The molecule has 1 aliphatic heterocycles. The van der Waals surface area contributed by atoms with E-state index in [0.717, 1.165) is 5.56 Å². The summed E-state index contributed by atoms with van der Waals surface area (Å²) >= 11 is 6.00. The summed E-state index contributed by atoms with van der Waals surface area (Å²) in [6.45, 7) is 1.95. The van der Waals surface area contributed by atoms with E-state index in [1.807, 2.05) is 35.2 Å². The molecule has 1 amide bonds. The molecular weight excluding hydrogens is 368 g/mol. The van der Waals surface area contributed by atoms with Crippen LogP contribution in [-0.2, 0) is 16.1 Å². The van der Waals surface area contributed by atoms with Crippen LogP contribution in [0.1, 0.15) is 17.2 Å². The highest BCUT2D eigenvalue weighted by molar-refractivity contribution is 6.30. The molecular formula is C20H21ClN2O4. The lowest BCUT2D eigenvalue weighted by molar-refractivity contribution is -0.144. The van der Waals surface area contributed by atoms with Gasteiger partial charge in [0, 0.05) is 31.2 Å². The molecule has 2 aromatic carbocycles. The van der Waals surface area contributed by atoms with Gasteiger partial charge in [0.1, 0.15) is 12.6 Å². The average Bonchev–Trinajstić information content (AvgIpc) is 2.67. The fourth-order valence-electron chi connectivity index (χ4n) is 3.16. The summed E-state index contributed by atoms with van der Waals surface area (Å²) in [6.07, 6.45) is -0.381. The number of carbonyl (C=O) groups is 2. The number of piperazine rings is 1. The van der Waals surface area contributed by atoms with Crippen molar-refractivity contribution in [3.05, 3.63) is 70.7 Å². The molecule has 7 heteroatoms. The summed E-state index contributed by atoms with van der Waals surface area (Å²) in [5.74, 6) is -0.933. The number of halogens is 1. The first-order valence-corrected chi connectivity index (χ1v) is 9.10. The predicted octanol–water partition coefficient (Wildman–Crippen LogP) is 3.42. The lowest BCUT2D eigenvalue weighted by atomic mass is 10.0. The number of ether oxygens (including phenoxy) is 1. The van der Waals surface area contributed by atoms with E-state index in [0.29, 0.717) is 36.8 Å². The second-order valence-corrected chi connectivity index (χ2v) is 6.80. The topological polar surface area (TPSA) is 70.1 Å². The molecule has 1 fully saturated rings. The molecule has 3 rings (SSSR count). The number of rotatable bonds is 5. The third kappa shape index (κ3) is 4.99. The van der Waals surface area contributed by atoms with Crippen molar-refractivity contribution in [2.45, 2.75) is 12.6 Å². The average molecular weight is 389 g/mol. The second-order valence-electron chi connectivity index (χ2n) is 6.36. The van der Waals surface area contributed by atoms with Gasteiger partial charge in [-0.05, 0) is 23.3 Å². The van der Waals surface area contributed by atoms with Crippen molar-refractivity contribution in [2.24, 2.45) is 0 Å². The fourth-order valence-corrected chi connectivity index (χ4v) is 3.36. The number of amides is 1. The van der Waals surface area contributed by atoms with E-state index in [1.54, 1.807) is 29.2 Å². The van der Waals surface area contributed by atoms with Crippen LogP contribution in [-0.4, -0.2) is 53.1 Å². The fraction of sp³-hybridized carbons (Fsp3) is 0.300.